The number of rotatable bonds is 8. The van der Waals surface area contributed by atoms with Crippen LogP contribution in [0.5, 0.6) is 5.75 Å². The number of carbonyl (C=O) groups excluding carboxylic acids is 1. The fraction of sp³-hybridized carbons (Fsp3) is 0.467. The first-order valence-corrected chi connectivity index (χ1v) is 6.60. The van der Waals surface area contributed by atoms with Crippen LogP contribution in [-0.4, -0.2) is 12.0 Å². The monoisotopic (exact) mass is 259 g/mol. The van der Waals surface area contributed by atoms with Crippen LogP contribution in [0.25, 0.3) is 0 Å². The van der Waals surface area contributed by atoms with Crippen molar-refractivity contribution >= 4 is 5.91 Å². The predicted octanol–water partition coefficient (Wildman–Crippen LogP) is 3.09. The van der Waals surface area contributed by atoms with Crippen LogP contribution in [0.4, 0.5) is 0 Å². The first-order chi connectivity index (χ1) is 9.19. The summed E-state index contributed by atoms with van der Waals surface area (Å²) in [5, 5.41) is 8.95. The molecule has 1 aromatic carbocycles. The fourth-order valence-corrected chi connectivity index (χ4v) is 1.82. The maximum atomic E-state index is 11.3. The van der Waals surface area contributed by atoms with E-state index in [-0.39, 0.29) is 0 Å². The molecule has 4 heteroatoms. The molecule has 0 heterocycles. The summed E-state index contributed by atoms with van der Waals surface area (Å²) in [6, 6.07) is 8.80. The molecule has 19 heavy (non-hydrogen) atoms. The number of nitriles is 1. The zero-order chi connectivity index (χ0) is 14.1. The van der Waals surface area contributed by atoms with Gasteiger partial charge in [-0.3, -0.25) is 10.5 Å². The van der Waals surface area contributed by atoms with Crippen LogP contribution in [0.3, 0.4) is 0 Å². The second-order valence-corrected chi connectivity index (χ2v) is 4.43. The first-order valence-electron chi connectivity index (χ1n) is 6.60. The molecule has 1 atom stereocenters. The number of unbranched alkanes of at least 4 members (excludes halogenated alkanes) is 3. The topological polar surface area (TPSA) is 73.9 Å². The van der Waals surface area contributed by atoms with Crippen molar-refractivity contribution in [3.05, 3.63) is 29.8 Å². The van der Waals surface area contributed by atoms with Gasteiger partial charge >= 0.3 is 0 Å². The van der Waals surface area contributed by atoms with Crippen molar-refractivity contribution in [1.82, 2.24) is 5.73 Å². The summed E-state index contributed by atoms with van der Waals surface area (Å²) in [5.41, 5.74) is 7.64. The lowest BCUT2D eigenvalue weighted by molar-refractivity contribution is -0.125. The Morgan fingerprint density at radius 1 is 1.37 bits per heavy atom. The van der Waals surface area contributed by atoms with Gasteiger partial charge in [0.05, 0.1) is 5.56 Å². The Bertz CT molecular complexity index is 452. The molecule has 0 aliphatic rings. The highest BCUT2D eigenvalue weighted by Gasteiger charge is 2.18. The number of carbonyl (C=O) groups is 1. The summed E-state index contributed by atoms with van der Waals surface area (Å²) >= 11 is 0. The molecule has 0 saturated carbocycles. The molecule has 101 valence electrons. The van der Waals surface area contributed by atoms with E-state index in [4.69, 9.17) is 15.7 Å². The predicted molar refractivity (Wildman–Crippen MR) is 72.4 cm³/mol. The van der Waals surface area contributed by atoms with Gasteiger partial charge in [-0.25, -0.2) is 0 Å². The molecule has 1 aromatic rings. The van der Waals surface area contributed by atoms with Crippen LogP contribution in [0.1, 0.15) is 44.6 Å². The quantitative estimate of drug-likeness (QED) is 0.673. The van der Waals surface area contributed by atoms with Crippen LogP contribution in [0.2, 0.25) is 0 Å². The van der Waals surface area contributed by atoms with Crippen LogP contribution >= 0.6 is 0 Å². The van der Waals surface area contributed by atoms with Crippen molar-refractivity contribution in [2.75, 3.05) is 0 Å². The lowest BCUT2D eigenvalue weighted by atomic mass is 10.1. The highest BCUT2D eigenvalue weighted by molar-refractivity contribution is 5.78. The number of hydrogen-bond donors (Lipinski definition) is 0. The van der Waals surface area contributed by atoms with Gasteiger partial charge in [-0.1, -0.05) is 38.3 Å². The van der Waals surface area contributed by atoms with E-state index in [1.165, 1.54) is 0 Å². The zero-order valence-corrected chi connectivity index (χ0v) is 11.2. The average molecular weight is 259 g/mol. The van der Waals surface area contributed by atoms with E-state index in [0.29, 0.717) is 17.7 Å². The van der Waals surface area contributed by atoms with Gasteiger partial charge in [0, 0.05) is 0 Å². The van der Waals surface area contributed by atoms with Crippen LogP contribution in [0.15, 0.2) is 24.3 Å². The largest absolute Gasteiger partial charge is 0.479 e. The Hall–Kier alpha value is -2.02. The SMILES string of the molecule is CCCCCCC(Oc1ccccc1C#N)C([NH])=O. The lowest BCUT2D eigenvalue weighted by Crippen LogP contribution is -2.28. The smallest absolute Gasteiger partial charge is 0.279 e. The molecule has 0 aliphatic carbocycles. The minimum absolute atomic E-state index is 0.381. The van der Waals surface area contributed by atoms with Crippen LogP contribution < -0.4 is 10.5 Å². The molecule has 1 unspecified atom stereocenters. The van der Waals surface area contributed by atoms with E-state index in [1.54, 1.807) is 24.3 Å². The van der Waals surface area contributed by atoms with Gasteiger partial charge in [-0.15, -0.1) is 0 Å². The average Bonchev–Trinajstić information content (AvgIpc) is 2.42. The number of amides is 1. The summed E-state index contributed by atoms with van der Waals surface area (Å²) < 4.78 is 5.52. The Labute approximate surface area is 114 Å². The Balaban J connectivity index is 2.63. The maximum Gasteiger partial charge on any atom is 0.279 e. The highest BCUT2D eigenvalue weighted by atomic mass is 16.5. The number of benzene rings is 1. The zero-order valence-electron chi connectivity index (χ0n) is 11.2. The van der Waals surface area contributed by atoms with Gasteiger partial charge in [-0.2, -0.15) is 5.26 Å². The first kappa shape index (κ1) is 15.0. The second kappa shape index (κ2) is 8.15. The molecular weight excluding hydrogens is 240 g/mol. The van der Waals surface area contributed by atoms with Gasteiger partial charge < -0.3 is 4.74 Å². The van der Waals surface area contributed by atoms with Crippen molar-refractivity contribution < 1.29 is 9.53 Å². The van der Waals surface area contributed by atoms with E-state index >= 15 is 0 Å². The normalized spacial score (nSPS) is 11.6. The molecule has 1 rings (SSSR count). The van der Waals surface area contributed by atoms with E-state index in [1.807, 2.05) is 6.07 Å². The maximum absolute atomic E-state index is 11.3. The van der Waals surface area contributed by atoms with E-state index in [9.17, 15) is 4.79 Å². The number of hydrogen-bond acceptors (Lipinski definition) is 3. The summed E-state index contributed by atoms with van der Waals surface area (Å²) in [6.07, 6.45) is 3.89. The van der Waals surface area contributed by atoms with Crippen LogP contribution in [0, 0.1) is 11.3 Å². The lowest BCUT2D eigenvalue weighted by Gasteiger charge is -2.16. The minimum Gasteiger partial charge on any atom is -0.479 e. The van der Waals surface area contributed by atoms with Crippen molar-refractivity contribution in [1.29, 1.82) is 5.26 Å². The summed E-state index contributed by atoms with van der Waals surface area (Å²) in [6.45, 7) is 2.12. The summed E-state index contributed by atoms with van der Waals surface area (Å²) in [5.74, 6) is -0.352. The molecule has 0 aliphatic heterocycles. The van der Waals surface area contributed by atoms with Crippen molar-refractivity contribution in [3.8, 4) is 11.8 Å². The van der Waals surface area contributed by atoms with E-state index in [0.717, 1.165) is 25.7 Å². The number of ether oxygens (including phenoxy) is 1. The third kappa shape index (κ3) is 5.01. The standard InChI is InChI=1S/C15H19N2O2/c1-2-3-4-5-10-14(15(17)18)19-13-9-7-6-8-12(13)11-16/h6-9,14,17H,2-5,10H2,1H3. The number of para-hydroxylation sites is 1. The Kier molecular flexibility index (Phi) is 6.45. The van der Waals surface area contributed by atoms with Gasteiger partial charge in [0.1, 0.15) is 11.8 Å². The van der Waals surface area contributed by atoms with Gasteiger partial charge in [0.25, 0.3) is 5.91 Å². The molecule has 1 N–H and O–H groups in total. The minimum atomic E-state index is -0.772. The third-order valence-electron chi connectivity index (χ3n) is 2.89. The molecule has 0 saturated heterocycles. The van der Waals surface area contributed by atoms with Gasteiger partial charge in [0.2, 0.25) is 0 Å². The van der Waals surface area contributed by atoms with E-state index < -0.39 is 12.0 Å². The molecule has 4 nitrogen and oxygen atoms in total. The molecule has 0 fully saturated rings. The molecule has 0 spiro atoms. The van der Waals surface area contributed by atoms with Crippen LogP contribution in [-0.2, 0) is 4.79 Å². The number of nitrogens with zero attached hydrogens (tertiary/aromatic N) is 1. The molecule has 1 radical (unpaired) electrons. The Morgan fingerprint density at radius 3 is 2.74 bits per heavy atom. The van der Waals surface area contributed by atoms with Crippen molar-refractivity contribution in [3.63, 3.8) is 0 Å². The molecule has 1 amide bonds. The van der Waals surface area contributed by atoms with Gasteiger partial charge in [0.15, 0.2) is 6.10 Å². The molecule has 0 bridgehead atoms. The third-order valence-corrected chi connectivity index (χ3v) is 2.89. The van der Waals surface area contributed by atoms with Gasteiger partial charge in [-0.05, 0) is 25.0 Å². The Morgan fingerprint density at radius 2 is 2.11 bits per heavy atom. The highest BCUT2D eigenvalue weighted by Crippen LogP contribution is 2.20. The molecular formula is C15H19N2O2. The second-order valence-electron chi connectivity index (χ2n) is 4.43. The molecule has 0 aromatic heterocycles. The summed E-state index contributed by atoms with van der Waals surface area (Å²) in [7, 11) is 0. The van der Waals surface area contributed by atoms with E-state index in [2.05, 4.69) is 6.92 Å². The summed E-state index contributed by atoms with van der Waals surface area (Å²) in [4.78, 5) is 11.3. The van der Waals surface area contributed by atoms with Crippen molar-refractivity contribution in [2.24, 2.45) is 0 Å². The number of nitrogens with one attached hydrogen (secondary N) is 1. The fourth-order valence-electron chi connectivity index (χ4n) is 1.82. The van der Waals surface area contributed by atoms with Crippen molar-refractivity contribution in [2.45, 2.75) is 45.1 Å².